The number of nitrogens with one attached hydrogen (secondary N) is 1. The van der Waals surface area contributed by atoms with Crippen LogP contribution in [0.2, 0.25) is 0 Å². The molecule has 1 aromatic heterocycles. The molecule has 5 heteroatoms. The summed E-state index contributed by atoms with van der Waals surface area (Å²) in [4.78, 5) is 23.5. The van der Waals surface area contributed by atoms with E-state index in [4.69, 9.17) is 0 Å². The number of aromatic nitrogens is 2. The van der Waals surface area contributed by atoms with Gasteiger partial charge in [0.25, 0.3) is 0 Å². The van der Waals surface area contributed by atoms with E-state index in [-0.39, 0.29) is 5.92 Å². The summed E-state index contributed by atoms with van der Waals surface area (Å²) in [6.07, 6.45) is 4.89. The molecule has 1 amide bonds. The van der Waals surface area contributed by atoms with Gasteiger partial charge in [0, 0.05) is 37.4 Å². The average Bonchev–Trinajstić information content (AvgIpc) is 3.48. The van der Waals surface area contributed by atoms with Gasteiger partial charge in [-0.15, -0.1) is 0 Å². The summed E-state index contributed by atoms with van der Waals surface area (Å²) in [5, 5.41) is 3.34. The van der Waals surface area contributed by atoms with Gasteiger partial charge in [-0.1, -0.05) is 30.3 Å². The molecule has 26 heavy (non-hydrogen) atoms. The van der Waals surface area contributed by atoms with Crippen molar-refractivity contribution in [3.05, 3.63) is 53.9 Å². The highest BCUT2D eigenvalue weighted by molar-refractivity contribution is 5.83. The molecule has 2 aliphatic rings. The third kappa shape index (κ3) is 3.87. The molecule has 0 bridgehead atoms. The molecular formula is C21H26N4O. The average molecular weight is 350 g/mol. The van der Waals surface area contributed by atoms with Crippen molar-refractivity contribution in [3.8, 4) is 0 Å². The predicted octanol–water partition coefficient (Wildman–Crippen LogP) is 3.24. The van der Waals surface area contributed by atoms with Gasteiger partial charge in [0.05, 0.1) is 0 Å². The van der Waals surface area contributed by atoms with Crippen LogP contribution in [0.3, 0.4) is 0 Å². The van der Waals surface area contributed by atoms with Crippen molar-refractivity contribution in [2.75, 3.05) is 25.0 Å². The Morgan fingerprint density at radius 2 is 1.96 bits per heavy atom. The van der Waals surface area contributed by atoms with Crippen LogP contribution < -0.4 is 5.32 Å². The number of piperidine rings is 1. The van der Waals surface area contributed by atoms with Gasteiger partial charge in [0.2, 0.25) is 11.9 Å². The Hall–Kier alpha value is -2.43. The van der Waals surface area contributed by atoms with Crippen LogP contribution in [0.15, 0.2) is 42.6 Å². The van der Waals surface area contributed by atoms with Crippen molar-refractivity contribution in [3.63, 3.8) is 0 Å². The zero-order valence-corrected chi connectivity index (χ0v) is 15.3. The Bertz CT molecular complexity index is 756. The van der Waals surface area contributed by atoms with Crippen molar-refractivity contribution in [1.29, 1.82) is 0 Å². The van der Waals surface area contributed by atoms with Crippen molar-refractivity contribution in [2.45, 2.75) is 32.1 Å². The molecule has 4 rings (SSSR count). The Morgan fingerprint density at radius 1 is 1.19 bits per heavy atom. The first kappa shape index (κ1) is 17.0. The number of hydrogen-bond acceptors (Lipinski definition) is 4. The lowest BCUT2D eigenvalue weighted by atomic mass is 9.96. The van der Waals surface area contributed by atoms with E-state index in [1.54, 1.807) is 6.20 Å². The van der Waals surface area contributed by atoms with Crippen LogP contribution in [0.1, 0.15) is 36.4 Å². The summed E-state index contributed by atoms with van der Waals surface area (Å²) in [6.45, 7) is 4.59. The van der Waals surface area contributed by atoms with Crippen LogP contribution in [-0.2, 0) is 4.79 Å². The van der Waals surface area contributed by atoms with E-state index in [1.165, 1.54) is 5.56 Å². The molecular weight excluding hydrogens is 324 g/mol. The summed E-state index contributed by atoms with van der Waals surface area (Å²) in [5.74, 6) is 2.26. The van der Waals surface area contributed by atoms with Crippen LogP contribution in [0, 0.1) is 18.8 Å². The molecule has 136 valence electrons. The lowest BCUT2D eigenvalue weighted by Gasteiger charge is -2.32. The van der Waals surface area contributed by atoms with Gasteiger partial charge in [-0.25, -0.2) is 9.97 Å². The maximum Gasteiger partial charge on any atom is 0.226 e. The predicted molar refractivity (Wildman–Crippen MR) is 102 cm³/mol. The topological polar surface area (TPSA) is 58.1 Å². The monoisotopic (exact) mass is 350 g/mol. The van der Waals surface area contributed by atoms with Crippen LogP contribution >= 0.6 is 0 Å². The Labute approximate surface area is 154 Å². The SMILES string of the molecule is Cc1ccnc(NCC2CCN(C(=O)C3C[C@H]3c3ccccc3)CC2)n1. The van der Waals surface area contributed by atoms with Gasteiger partial charge in [0.15, 0.2) is 0 Å². The van der Waals surface area contributed by atoms with Crippen LogP contribution in [-0.4, -0.2) is 40.4 Å². The highest BCUT2D eigenvalue weighted by Gasteiger charge is 2.45. The third-order valence-electron chi connectivity index (χ3n) is 5.61. The highest BCUT2D eigenvalue weighted by atomic mass is 16.2. The van der Waals surface area contributed by atoms with Gasteiger partial charge in [0.1, 0.15) is 0 Å². The normalized spacial score (nSPS) is 22.9. The standard InChI is InChI=1S/C21H26N4O/c1-15-7-10-22-21(24-15)23-14-16-8-11-25(12-9-16)20(26)19-13-18(19)17-5-3-2-4-6-17/h2-7,10,16,18-19H,8-9,11-14H2,1H3,(H,22,23,24)/t18-,19?/m0/s1. The van der Waals surface area contributed by atoms with Crippen molar-refractivity contribution in [1.82, 2.24) is 14.9 Å². The van der Waals surface area contributed by atoms with Crippen LogP contribution in [0.5, 0.6) is 0 Å². The van der Waals surface area contributed by atoms with E-state index in [0.717, 1.165) is 44.6 Å². The highest BCUT2D eigenvalue weighted by Crippen LogP contribution is 2.48. The second kappa shape index (κ2) is 7.44. The fourth-order valence-corrected chi connectivity index (χ4v) is 3.90. The molecule has 1 N–H and O–H groups in total. The lowest BCUT2D eigenvalue weighted by Crippen LogP contribution is -2.40. The maximum atomic E-state index is 12.8. The summed E-state index contributed by atoms with van der Waals surface area (Å²) in [6, 6.07) is 12.3. The molecule has 1 unspecified atom stereocenters. The van der Waals surface area contributed by atoms with Crippen LogP contribution in [0.25, 0.3) is 0 Å². The van der Waals surface area contributed by atoms with Gasteiger partial charge >= 0.3 is 0 Å². The molecule has 1 saturated heterocycles. The van der Waals surface area contributed by atoms with Crippen molar-refractivity contribution >= 4 is 11.9 Å². The number of aryl methyl sites for hydroxylation is 1. The molecule has 0 spiro atoms. The molecule has 2 aromatic rings. The minimum atomic E-state index is 0.202. The Balaban J connectivity index is 1.23. The van der Waals surface area contributed by atoms with Gasteiger partial charge in [-0.3, -0.25) is 4.79 Å². The second-order valence-corrected chi connectivity index (χ2v) is 7.53. The summed E-state index contributed by atoms with van der Waals surface area (Å²) < 4.78 is 0. The number of anilines is 1. The van der Waals surface area contributed by atoms with Crippen LogP contribution in [0.4, 0.5) is 5.95 Å². The summed E-state index contributed by atoms with van der Waals surface area (Å²) in [5.41, 5.74) is 2.28. The molecule has 2 fully saturated rings. The first-order chi connectivity index (χ1) is 12.7. The first-order valence-corrected chi connectivity index (χ1v) is 9.58. The Kier molecular flexibility index (Phi) is 4.87. The third-order valence-corrected chi connectivity index (χ3v) is 5.61. The number of likely N-dealkylation sites (tertiary alicyclic amines) is 1. The summed E-state index contributed by atoms with van der Waals surface area (Å²) in [7, 11) is 0. The minimum absolute atomic E-state index is 0.202. The van der Waals surface area contributed by atoms with E-state index in [9.17, 15) is 4.79 Å². The molecule has 1 aliphatic heterocycles. The van der Waals surface area contributed by atoms with E-state index in [1.807, 2.05) is 19.1 Å². The fourth-order valence-electron chi connectivity index (χ4n) is 3.90. The lowest BCUT2D eigenvalue weighted by molar-refractivity contribution is -0.134. The number of hydrogen-bond donors (Lipinski definition) is 1. The molecule has 2 heterocycles. The largest absolute Gasteiger partial charge is 0.354 e. The smallest absolute Gasteiger partial charge is 0.226 e. The number of nitrogens with zero attached hydrogens (tertiary/aromatic N) is 3. The molecule has 1 saturated carbocycles. The summed E-state index contributed by atoms with van der Waals surface area (Å²) >= 11 is 0. The molecule has 0 radical (unpaired) electrons. The van der Waals surface area contributed by atoms with Gasteiger partial charge in [-0.2, -0.15) is 0 Å². The first-order valence-electron chi connectivity index (χ1n) is 9.58. The zero-order valence-electron chi connectivity index (χ0n) is 15.3. The van der Waals surface area contributed by atoms with E-state index in [2.05, 4.69) is 44.5 Å². The Morgan fingerprint density at radius 3 is 2.69 bits per heavy atom. The number of benzene rings is 1. The van der Waals surface area contributed by atoms with Gasteiger partial charge < -0.3 is 10.2 Å². The van der Waals surface area contributed by atoms with Gasteiger partial charge in [-0.05, 0) is 49.7 Å². The molecule has 1 aromatic carbocycles. The minimum Gasteiger partial charge on any atom is -0.354 e. The van der Waals surface area contributed by atoms with E-state index in [0.29, 0.717) is 23.7 Å². The van der Waals surface area contributed by atoms with Crippen molar-refractivity contribution in [2.24, 2.45) is 11.8 Å². The maximum absolute atomic E-state index is 12.8. The zero-order chi connectivity index (χ0) is 17.9. The number of amides is 1. The number of carbonyl (C=O) groups excluding carboxylic acids is 1. The van der Waals surface area contributed by atoms with E-state index >= 15 is 0 Å². The molecule has 5 nitrogen and oxygen atoms in total. The molecule has 2 atom stereocenters. The fraction of sp³-hybridized carbons (Fsp3) is 0.476. The molecule has 1 aliphatic carbocycles. The second-order valence-electron chi connectivity index (χ2n) is 7.53. The number of rotatable bonds is 5. The van der Waals surface area contributed by atoms with Crippen molar-refractivity contribution < 1.29 is 4.79 Å². The van der Waals surface area contributed by atoms with E-state index < -0.39 is 0 Å². The number of carbonyl (C=O) groups is 1. The quantitative estimate of drug-likeness (QED) is 0.899.